The van der Waals surface area contributed by atoms with Crippen LogP contribution in [0.2, 0.25) is 0 Å². The van der Waals surface area contributed by atoms with Gasteiger partial charge in [-0.1, -0.05) is 30.0 Å². The molecule has 0 unspecified atom stereocenters. The number of carbonyl (C=O) groups excluding carboxylic acids is 2. The zero-order valence-corrected chi connectivity index (χ0v) is 12.7. The standard InChI is InChI=1S/C16H16N2O2S/c1-11(19)13-6-5-7-14(10-13)18-16(20)12(2)21-15-8-3-4-9-17-15/h3-10,12H,1-2H3,(H,18,20)/t12-/m1/s1. The second-order valence-electron chi connectivity index (χ2n) is 4.55. The molecule has 0 fully saturated rings. The molecule has 108 valence electrons. The highest BCUT2D eigenvalue weighted by atomic mass is 32.2. The minimum atomic E-state index is -0.277. The van der Waals surface area contributed by atoms with Crippen LogP contribution >= 0.6 is 11.8 Å². The summed E-state index contributed by atoms with van der Waals surface area (Å²) in [4.78, 5) is 27.7. The van der Waals surface area contributed by atoms with Gasteiger partial charge in [0.25, 0.3) is 0 Å². The van der Waals surface area contributed by atoms with Crippen molar-refractivity contribution in [3.63, 3.8) is 0 Å². The predicted molar refractivity (Wildman–Crippen MR) is 84.6 cm³/mol. The number of thioether (sulfide) groups is 1. The van der Waals surface area contributed by atoms with Crippen molar-refractivity contribution >= 4 is 29.1 Å². The van der Waals surface area contributed by atoms with E-state index in [2.05, 4.69) is 10.3 Å². The number of amides is 1. The summed E-state index contributed by atoms with van der Waals surface area (Å²) in [6, 6.07) is 12.5. The van der Waals surface area contributed by atoms with Crippen molar-refractivity contribution in [1.29, 1.82) is 0 Å². The molecular weight excluding hydrogens is 284 g/mol. The lowest BCUT2D eigenvalue weighted by Gasteiger charge is -2.12. The average Bonchev–Trinajstić information content (AvgIpc) is 2.48. The van der Waals surface area contributed by atoms with Crippen LogP contribution in [0.4, 0.5) is 5.69 Å². The Hall–Kier alpha value is -2.14. The number of hydrogen-bond acceptors (Lipinski definition) is 4. The van der Waals surface area contributed by atoms with E-state index in [0.29, 0.717) is 11.3 Å². The molecule has 21 heavy (non-hydrogen) atoms. The number of anilines is 1. The number of ketones is 1. The number of rotatable bonds is 5. The Morgan fingerprint density at radius 2 is 2.00 bits per heavy atom. The summed E-state index contributed by atoms with van der Waals surface area (Å²) in [7, 11) is 0. The quantitative estimate of drug-likeness (QED) is 0.679. The predicted octanol–water partition coefficient (Wildman–Crippen LogP) is 3.40. The fraction of sp³-hybridized carbons (Fsp3) is 0.188. The van der Waals surface area contributed by atoms with Gasteiger partial charge >= 0.3 is 0 Å². The van der Waals surface area contributed by atoms with Crippen molar-refractivity contribution in [3.8, 4) is 0 Å². The molecule has 1 N–H and O–H groups in total. The number of nitrogens with one attached hydrogen (secondary N) is 1. The molecule has 1 aromatic heterocycles. The molecule has 2 rings (SSSR count). The zero-order valence-electron chi connectivity index (χ0n) is 11.9. The molecule has 0 saturated heterocycles. The molecule has 1 heterocycles. The van der Waals surface area contributed by atoms with Gasteiger partial charge in [-0.15, -0.1) is 0 Å². The molecule has 1 amide bonds. The van der Waals surface area contributed by atoms with Crippen LogP contribution in [0.25, 0.3) is 0 Å². The number of carbonyl (C=O) groups is 2. The SMILES string of the molecule is CC(=O)c1cccc(NC(=O)[C@@H](C)Sc2ccccn2)c1. The Labute approximate surface area is 128 Å². The monoisotopic (exact) mass is 300 g/mol. The minimum absolute atomic E-state index is 0.0259. The molecule has 0 spiro atoms. The van der Waals surface area contributed by atoms with Crippen LogP contribution in [0.5, 0.6) is 0 Å². The summed E-state index contributed by atoms with van der Waals surface area (Å²) in [5.41, 5.74) is 1.21. The Balaban J connectivity index is 2.00. The average molecular weight is 300 g/mol. The maximum Gasteiger partial charge on any atom is 0.237 e. The second-order valence-corrected chi connectivity index (χ2v) is 5.92. The van der Waals surface area contributed by atoms with Crippen LogP contribution in [0, 0.1) is 0 Å². The second kappa shape index (κ2) is 7.04. The van der Waals surface area contributed by atoms with E-state index < -0.39 is 0 Å². The Morgan fingerprint density at radius 3 is 2.67 bits per heavy atom. The highest BCUT2D eigenvalue weighted by Gasteiger charge is 2.15. The fourth-order valence-electron chi connectivity index (χ4n) is 1.71. The van der Waals surface area contributed by atoms with Crippen LogP contribution in [-0.4, -0.2) is 21.9 Å². The number of Topliss-reactive ketones (excluding diaryl/α,β-unsaturated/α-hetero) is 1. The van der Waals surface area contributed by atoms with Crippen LogP contribution in [0.15, 0.2) is 53.7 Å². The topological polar surface area (TPSA) is 59.1 Å². The number of hydrogen-bond donors (Lipinski definition) is 1. The van der Waals surface area contributed by atoms with Gasteiger partial charge in [-0.05, 0) is 38.1 Å². The van der Waals surface area contributed by atoms with Crippen LogP contribution in [-0.2, 0) is 4.79 Å². The van der Waals surface area contributed by atoms with Crippen molar-refractivity contribution in [2.45, 2.75) is 24.1 Å². The summed E-state index contributed by atoms with van der Waals surface area (Å²) in [6.45, 7) is 3.32. The maximum absolute atomic E-state index is 12.2. The molecule has 1 atom stereocenters. The van der Waals surface area contributed by atoms with Crippen molar-refractivity contribution in [3.05, 3.63) is 54.2 Å². The van der Waals surface area contributed by atoms with Crippen molar-refractivity contribution in [1.82, 2.24) is 4.98 Å². The Bertz CT molecular complexity index is 644. The van der Waals surface area contributed by atoms with Gasteiger partial charge in [0.1, 0.15) is 0 Å². The van der Waals surface area contributed by atoms with E-state index in [1.807, 2.05) is 25.1 Å². The molecule has 0 bridgehead atoms. The summed E-state index contributed by atoms with van der Waals surface area (Å²) in [5.74, 6) is -0.145. The third kappa shape index (κ3) is 4.43. The van der Waals surface area contributed by atoms with Gasteiger partial charge in [0.15, 0.2) is 5.78 Å². The highest BCUT2D eigenvalue weighted by Crippen LogP contribution is 2.22. The van der Waals surface area contributed by atoms with E-state index in [9.17, 15) is 9.59 Å². The van der Waals surface area contributed by atoms with Gasteiger partial charge in [0.05, 0.1) is 10.3 Å². The maximum atomic E-state index is 12.2. The number of aromatic nitrogens is 1. The molecular formula is C16H16N2O2S. The van der Waals surface area contributed by atoms with Gasteiger partial charge in [-0.25, -0.2) is 4.98 Å². The van der Waals surface area contributed by atoms with Gasteiger partial charge in [0.2, 0.25) is 5.91 Å². The van der Waals surface area contributed by atoms with Crippen molar-refractivity contribution in [2.75, 3.05) is 5.32 Å². The van der Waals surface area contributed by atoms with Gasteiger partial charge < -0.3 is 5.32 Å². The number of nitrogens with zero attached hydrogens (tertiary/aromatic N) is 1. The summed E-state index contributed by atoms with van der Waals surface area (Å²) in [5, 5.41) is 3.34. The number of pyridine rings is 1. The zero-order chi connectivity index (χ0) is 15.2. The Morgan fingerprint density at radius 1 is 1.19 bits per heavy atom. The fourth-order valence-corrected chi connectivity index (χ4v) is 2.52. The lowest BCUT2D eigenvalue weighted by atomic mass is 10.1. The summed E-state index contributed by atoms with van der Waals surface area (Å²) >= 11 is 1.39. The molecule has 0 aliphatic heterocycles. The highest BCUT2D eigenvalue weighted by molar-refractivity contribution is 8.00. The molecule has 5 heteroatoms. The van der Waals surface area contributed by atoms with E-state index in [1.165, 1.54) is 18.7 Å². The first-order valence-corrected chi connectivity index (χ1v) is 7.44. The first kappa shape index (κ1) is 15.3. The van der Waals surface area contributed by atoms with Crippen LogP contribution in [0.3, 0.4) is 0 Å². The molecule has 4 nitrogen and oxygen atoms in total. The van der Waals surface area contributed by atoms with E-state index >= 15 is 0 Å². The molecule has 0 radical (unpaired) electrons. The van der Waals surface area contributed by atoms with E-state index in [1.54, 1.807) is 30.5 Å². The molecule has 2 aromatic rings. The van der Waals surface area contributed by atoms with Crippen LogP contribution < -0.4 is 5.32 Å². The summed E-state index contributed by atoms with van der Waals surface area (Å²) in [6.07, 6.45) is 1.70. The van der Waals surface area contributed by atoms with Crippen molar-refractivity contribution in [2.24, 2.45) is 0 Å². The minimum Gasteiger partial charge on any atom is -0.325 e. The first-order chi connectivity index (χ1) is 10.1. The lowest BCUT2D eigenvalue weighted by Crippen LogP contribution is -2.22. The smallest absolute Gasteiger partial charge is 0.237 e. The van der Waals surface area contributed by atoms with Crippen molar-refractivity contribution < 1.29 is 9.59 Å². The largest absolute Gasteiger partial charge is 0.325 e. The van der Waals surface area contributed by atoms with E-state index in [-0.39, 0.29) is 16.9 Å². The molecule has 1 aromatic carbocycles. The van der Waals surface area contributed by atoms with E-state index in [0.717, 1.165) is 5.03 Å². The molecule has 0 saturated carbocycles. The molecule has 0 aliphatic rings. The van der Waals surface area contributed by atoms with Gasteiger partial charge in [0, 0.05) is 17.4 Å². The summed E-state index contributed by atoms with van der Waals surface area (Å²) < 4.78 is 0. The van der Waals surface area contributed by atoms with Gasteiger partial charge in [-0.3, -0.25) is 9.59 Å². The van der Waals surface area contributed by atoms with Gasteiger partial charge in [-0.2, -0.15) is 0 Å². The third-order valence-electron chi connectivity index (χ3n) is 2.84. The molecule has 0 aliphatic carbocycles. The number of benzene rings is 1. The normalized spacial score (nSPS) is 11.7. The van der Waals surface area contributed by atoms with Crippen LogP contribution in [0.1, 0.15) is 24.2 Å². The Kier molecular flexibility index (Phi) is 5.11. The first-order valence-electron chi connectivity index (χ1n) is 6.56. The van der Waals surface area contributed by atoms with E-state index in [4.69, 9.17) is 0 Å². The third-order valence-corrected chi connectivity index (χ3v) is 3.89. The lowest BCUT2D eigenvalue weighted by molar-refractivity contribution is -0.115.